The van der Waals surface area contributed by atoms with E-state index >= 15 is 0 Å². The van der Waals surface area contributed by atoms with Gasteiger partial charge in [-0.25, -0.2) is 0 Å². The Kier molecular flexibility index (Phi) is 5.01. The number of hydrogen-bond acceptors (Lipinski definition) is 5. The van der Waals surface area contributed by atoms with Crippen molar-refractivity contribution in [3.05, 3.63) is 71.0 Å². The van der Waals surface area contributed by atoms with E-state index in [0.29, 0.717) is 0 Å². The highest BCUT2D eigenvalue weighted by molar-refractivity contribution is 5.46. The zero-order chi connectivity index (χ0) is 18.8. The van der Waals surface area contributed by atoms with Crippen molar-refractivity contribution in [1.82, 2.24) is 25.1 Å². The summed E-state index contributed by atoms with van der Waals surface area (Å²) in [6.07, 6.45) is 1.87. The van der Waals surface area contributed by atoms with Crippen molar-refractivity contribution in [2.45, 2.75) is 45.3 Å². The third-order valence-corrected chi connectivity index (χ3v) is 5.50. The molecule has 2 aromatic carbocycles. The fourth-order valence-corrected chi connectivity index (χ4v) is 4.14. The maximum absolute atomic E-state index is 9.90. The van der Waals surface area contributed by atoms with E-state index in [1.807, 2.05) is 10.7 Å². The monoisotopic (exact) mass is 363 g/mol. The smallest absolute Gasteiger partial charge is 0.173 e. The van der Waals surface area contributed by atoms with Crippen LogP contribution < -0.4 is 0 Å². The molecule has 1 fully saturated rings. The number of aryl methyl sites for hydroxylation is 2. The first-order valence-corrected chi connectivity index (χ1v) is 9.44. The molecule has 27 heavy (non-hydrogen) atoms. The summed E-state index contributed by atoms with van der Waals surface area (Å²) >= 11 is 0. The van der Waals surface area contributed by atoms with Gasteiger partial charge in [0.1, 0.15) is 0 Å². The minimum absolute atomic E-state index is 0.0800. The lowest BCUT2D eigenvalue weighted by Crippen LogP contribution is -2.34. The van der Waals surface area contributed by atoms with Crippen molar-refractivity contribution < 1.29 is 5.11 Å². The standard InChI is InChI=1S/C21H25N5O/c1-15-7-6-8-16(2)20(15)26-21(22-23-24-26)19-12-11-18(14-27)25(19)13-17-9-4-3-5-10-17/h3-10,18-19,27H,11-14H2,1-2H3/t18-,19+/m0/s1. The van der Waals surface area contributed by atoms with Crippen molar-refractivity contribution in [1.29, 1.82) is 0 Å². The van der Waals surface area contributed by atoms with E-state index in [9.17, 15) is 5.11 Å². The third-order valence-electron chi connectivity index (χ3n) is 5.50. The van der Waals surface area contributed by atoms with Crippen molar-refractivity contribution in [3.8, 4) is 5.69 Å². The van der Waals surface area contributed by atoms with E-state index in [1.54, 1.807) is 0 Å². The lowest BCUT2D eigenvalue weighted by molar-refractivity contribution is 0.118. The minimum atomic E-state index is 0.0800. The number of para-hydroxylation sites is 1. The van der Waals surface area contributed by atoms with Gasteiger partial charge in [0.15, 0.2) is 5.82 Å². The number of aromatic nitrogens is 4. The second kappa shape index (κ2) is 7.58. The van der Waals surface area contributed by atoms with Gasteiger partial charge in [-0.1, -0.05) is 48.5 Å². The van der Waals surface area contributed by atoms with Gasteiger partial charge in [0.05, 0.1) is 18.3 Å². The first-order chi connectivity index (χ1) is 13.2. The molecule has 0 aliphatic carbocycles. The zero-order valence-corrected chi connectivity index (χ0v) is 15.8. The summed E-state index contributed by atoms with van der Waals surface area (Å²) in [4.78, 5) is 2.34. The highest BCUT2D eigenvalue weighted by Crippen LogP contribution is 2.37. The lowest BCUT2D eigenvalue weighted by atomic mass is 10.1. The molecule has 2 heterocycles. The summed E-state index contributed by atoms with van der Waals surface area (Å²) in [5, 5.41) is 22.6. The Bertz CT molecular complexity index is 888. The van der Waals surface area contributed by atoms with Gasteiger partial charge in [0.2, 0.25) is 0 Å². The SMILES string of the molecule is Cc1cccc(C)c1-n1nnnc1[C@H]1CC[C@@H](CO)N1Cc1ccccc1. The highest BCUT2D eigenvalue weighted by atomic mass is 16.3. The maximum atomic E-state index is 9.90. The summed E-state index contributed by atoms with van der Waals surface area (Å²) < 4.78 is 1.88. The topological polar surface area (TPSA) is 67.1 Å². The van der Waals surface area contributed by atoms with Gasteiger partial charge in [0, 0.05) is 12.6 Å². The Morgan fingerprint density at radius 2 is 1.74 bits per heavy atom. The highest BCUT2D eigenvalue weighted by Gasteiger charge is 2.37. The molecule has 1 saturated heterocycles. The number of likely N-dealkylation sites (tertiary alicyclic amines) is 1. The zero-order valence-electron chi connectivity index (χ0n) is 15.8. The molecular formula is C21H25N5O. The van der Waals surface area contributed by atoms with Crippen LogP contribution in [0.4, 0.5) is 0 Å². The molecule has 6 heteroatoms. The number of aliphatic hydroxyl groups is 1. The first-order valence-electron chi connectivity index (χ1n) is 9.44. The van der Waals surface area contributed by atoms with Gasteiger partial charge in [0.25, 0.3) is 0 Å². The van der Waals surface area contributed by atoms with E-state index in [-0.39, 0.29) is 18.7 Å². The molecule has 0 spiro atoms. The van der Waals surface area contributed by atoms with Crippen LogP contribution in [0.5, 0.6) is 0 Å². The Morgan fingerprint density at radius 3 is 2.44 bits per heavy atom. The summed E-state index contributed by atoms with van der Waals surface area (Å²) in [6.45, 7) is 5.09. The number of nitrogens with zero attached hydrogens (tertiary/aromatic N) is 5. The average molecular weight is 363 g/mol. The number of hydrogen-bond donors (Lipinski definition) is 1. The van der Waals surface area contributed by atoms with Crippen molar-refractivity contribution in [2.75, 3.05) is 6.61 Å². The number of tetrazole rings is 1. The van der Waals surface area contributed by atoms with Crippen LogP contribution in [0.1, 0.15) is 41.4 Å². The van der Waals surface area contributed by atoms with Gasteiger partial charge in [-0.2, -0.15) is 4.68 Å². The van der Waals surface area contributed by atoms with Crippen molar-refractivity contribution in [2.24, 2.45) is 0 Å². The molecule has 4 rings (SSSR count). The summed E-state index contributed by atoms with van der Waals surface area (Å²) in [7, 11) is 0. The maximum Gasteiger partial charge on any atom is 0.173 e. The normalized spacial score (nSPS) is 20.3. The molecule has 2 atom stereocenters. The van der Waals surface area contributed by atoms with E-state index in [2.05, 4.69) is 76.7 Å². The number of aliphatic hydroxyl groups excluding tert-OH is 1. The van der Waals surface area contributed by atoms with Crippen LogP contribution in [0.2, 0.25) is 0 Å². The predicted octanol–water partition coefficient (Wildman–Crippen LogP) is 2.98. The van der Waals surface area contributed by atoms with E-state index in [4.69, 9.17) is 0 Å². The minimum Gasteiger partial charge on any atom is -0.395 e. The van der Waals surface area contributed by atoms with Crippen LogP contribution in [0.15, 0.2) is 48.5 Å². The first kappa shape index (κ1) is 17.8. The van der Waals surface area contributed by atoms with Crippen LogP contribution in [0, 0.1) is 13.8 Å². The number of rotatable bonds is 5. The molecule has 0 unspecified atom stereocenters. The number of benzene rings is 2. The Balaban J connectivity index is 1.71. The molecule has 0 saturated carbocycles. The lowest BCUT2D eigenvalue weighted by Gasteiger charge is -2.29. The van der Waals surface area contributed by atoms with E-state index < -0.39 is 0 Å². The fourth-order valence-electron chi connectivity index (χ4n) is 4.14. The molecule has 6 nitrogen and oxygen atoms in total. The van der Waals surface area contributed by atoms with E-state index in [0.717, 1.165) is 42.0 Å². The molecule has 0 bridgehead atoms. The van der Waals surface area contributed by atoms with Gasteiger partial charge in [-0.15, -0.1) is 5.10 Å². The van der Waals surface area contributed by atoms with Crippen molar-refractivity contribution in [3.63, 3.8) is 0 Å². The Hall–Kier alpha value is -2.57. The van der Waals surface area contributed by atoms with Crippen molar-refractivity contribution >= 4 is 0 Å². The van der Waals surface area contributed by atoms with Gasteiger partial charge in [-0.3, -0.25) is 4.90 Å². The van der Waals surface area contributed by atoms with Crippen LogP contribution in [-0.4, -0.2) is 42.9 Å². The van der Waals surface area contributed by atoms with Gasteiger partial charge in [-0.05, 0) is 53.8 Å². The molecule has 140 valence electrons. The van der Waals surface area contributed by atoms with Crippen LogP contribution >= 0.6 is 0 Å². The quantitative estimate of drug-likeness (QED) is 0.755. The molecule has 3 aromatic rings. The summed E-state index contributed by atoms with van der Waals surface area (Å²) in [5.74, 6) is 0.847. The second-order valence-electron chi connectivity index (χ2n) is 7.28. The van der Waals surface area contributed by atoms with Gasteiger partial charge < -0.3 is 5.11 Å². The fraction of sp³-hybridized carbons (Fsp3) is 0.381. The largest absolute Gasteiger partial charge is 0.395 e. The van der Waals surface area contributed by atoms with Gasteiger partial charge >= 0.3 is 0 Å². The molecule has 1 aliphatic rings. The predicted molar refractivity (Wildman–Crippen MR) is 103 cm³/mol. The summed E-state index contributed by atoms with van der Waals surface area (Å²) in [5.41, 5.74) is 4.57. The molecule has 0 radical (unpaired) electrons. The van der Waals surface area contributed by atoms with Crippen LogP contribution in [0.25, 0.3) is 5.69 Å². The molecule has 0 amide bonds. The molecule has 1 aromatic heterocycles. The third kappa shape index (κ3) is 3.38. The second-order valence-corrected chi connectivity index (χ2v) is 7.28. The summed E-state index contributed by atoms with van der Waals surface area (Å²) in [6, 6.07) is 16.8. The Labute approximate surface area is 159 Å². The molecular weight excluding hydrogens is 338 g/mol. The van der Waals surface area contributed by atoms with Crippen LogP contribution in [-0.2, 0) is 6.54 Å². The molecule has 1 N–H and O–H groups in total. The average Bonchev–Trinajstić information content (AvgIpc) is 3.29. The van der Waals surface area contributed by atoms with Crippen LogP contribution in [0.3, 0.4) is 0 Å². The molecule has 1 aliphatic heterocycles. The van der Waals surface area contributed by atoms with E-state index in [1.165, 1.54) is 5.56 Å². The Morgan fingerprint density at radius 1 is 1.00 bits per heavy atom.